The highest BCUT2D eigenvalue weighted by Gasteiger charge is 2.21. The second-order valence-corrected chi connectivity index (χ2v) is 4.13. The van der Waals surface area contributed by atoms with Gasteiger partial charge in [0.2, 0.25) is 5.22 Å². The molecule has 0 bridgehead atoms. The molecule has 0 amide bonds. The van der Waals surface area contributed by atoms with Gasteiger partial charge in [-0.05, 0) is 23.9 Å². The number of nitrogens with zero attached hydrogens (tertiary/aromatic N) is 1. The third kappa shape index (κ3) is 1.82. The first-order valence-corrected chi connectivity index (χ1v) is 5.28. The van der Waals surface area contributed by atoms with Crippen LogP contribution in [-0.4, -0.2) is 11.4 Å². The van der Waals surface area contributed by atoms with E-state index in [0.717, 1.165) is 18.4 Å². The molecule has 0 radical (unpaired) electrons. The maximum absolute atomic E-state index is 10.7. The van der Waals surface area contributed by atoms with E-state index < -0.39 is 0 Å². The summed E-state index contributed by atoms with van der Waals surface area (Å²) in [4.78, 5) is 10.7. The Kier molecular flexibility index (Phi) is 2.87. The topological polar surface area (TPSA) is 43.1 Å². The molecule has 1 aromatic heterocycles. The lowest BCUT2D eigenvalue weighted by Gasteiger charge is -2.04. The van der Waals surface area contributed by atoms with Crippen molar-refractivity contribution in [3.63, 3.8) is 0 Å². The molecule has 4 heteroatoms. The highest BCUT2D eigenvalue weighted by Crippen LogP contribution is 2.29. The van der Waals surface area contributed by atoms with E-state index in [-0.39, 0.29) is 5.22 Å². The summed E-state index contributed by atoms with van der Waals surface area (Å²) in [7, 11) is 0. The van der Waals surface area contributed by atoms with Crippen LogP contribution in [0.25, 0.3) is 0 Å². The zero-order valence-electron chi connectivity index (χ0n) is 7.83. The van der Waals surface area contributed by atoms with E-state index in [9.17, 15) is 4.79 Å². The van der Waals surface area contributed by atoms with Crippen molar-refractivity contribution >= 4 is 17.9 Å². The molecular formula is C10H12ClNO2. The second-order valence-electron chi connectivity index (χ2n) is 3.79. The molecule has 0 unspecified atom stereocenters. The fraction of sp³-hybridized carbons (Fsp3) is 0.600. The standard InChI is InChI=1S/C10H12ClNO2/c11-10-8(6-13)9(12-14-10)5-7-3-1-2-4-7/h6-7H,1-5H2. The highest BCUT2D eigenvalue weighted by atomic mass is 35.5. The smallest absolute Gasteiger partial charge is 0.236 e. The number of hydrogen-bond acceptors (Lipinski definition) is 3. The molecule has 14 heavy (non-hydrogen) atoms. The van der Waals surface area contributed by atoms with Gasteiger partial charge in [0, 0.05) is 0 Å². The van der Waals surface area contributed by atoms with Gasteiger partial charge in [-0.1, -0.05) is 30.8 Å². The summed E-state index contributed by atoms with van der Waals surface area (Å²) < 4.78 is 4.78. The molecule has 1 aliphatic carbocycles. The number of halogens is 1. The average molecular weight is 214 g/mol. The third-order valence-corrected chi connectivity index (χ3v) is 3.11. The summed E-state index contributed by atoms with van der Waals surface area (Å²) in [5.74, 6) is 0.648. The molecule has 1 fully saturated rings. The van der Waals surface area contributed by atoms with Gasteiger partial charge in [0.05, 0.1) is 11.3 Å². The second kappa shape index (κ2) is 4.13. The van der Waals surface area contributed by atoms with E-state index >= 15 is 0 Å². The first-order chi connectivity index (χ1) is 6.81. The van der Waals surface area contributed by atoms with Crippen LogP contribution in [0.4, 0.5) is 0 Å². The summed E-state index contributed by atoms with van der Waals surface area (Å²) in [6, 6.07) is 0. The minimum Gasteiger partial charge on any atom is -0.343 e. The van der Waals surface area contributed by atoms with Crippen molar-refractivity contribution in [2.45, 2.75) is 32.1 Å². The summed E-state index contributed by atoms with van der Waals surface area (Å²) in [6.45, 7) is 0. The van der Waals surface area contributed by atoms with Crippen LogP contribution in [0.15, 0.2) is 4.52 Å². The molecule has 0 aliphatic heterocycles. The van der Waals surface area contributed by atoms with Gasteiger partial charge in [0.15, 0.2) is 6.29 Å². The van der Waals surface area contributed by atoms with Crippen LogP contribution >= 0.6 is 11.6 Å². The summed E-state index contributed by atoms with van der Waals surface area (Å²) >= 11 is 5.67. The Balaban J connectivity index is 2.11. The van der Waals surface area contributed by atoms with Gasteiger partial charge in [0.25, 0.3) is 0 Å². The maximum Gasteiger partial charge on any atom is 0.236 e. The third-order valence-electron chi connectivity index (χ3n) is 2.83. The molecule has 1 heterocycles. The number of carbonyl (C=O) groups is 1. The van der Waals surface area contributed by atoms with Gasteiger partial charge in [-0.25, -0.2) is 0 Å². The van der Waals surface area contributed by atoms with Gasteiger partial charge < -0.3 is 4.52 Å². The molecule has 1 aliphatic rings. The van der Waals surface area contributed by atoms with Crippen molar-refractivity contribution in [1.29, 1.82) is 0 Å². The van der Waals surface area contributed by atoms with Gasteiger partial charge in [0.1, 0.15) is 0 Å². The fourth-order valence-electron chi connectivity index (χ4n) is 2.06. The van der Waals surface area contributed by atoms with Crippen molar-refractivity contribution in [3.05, 3.63) is 16.5 Å². The van der Waals surface area contributed by atoms with Crippen LogP contribution in [0.2, 0.25) is 5.22 Å². The van der Waals surface area contributed by atoms with Crippen LogP contribution in [0.3, 0.4) is 0 Å². The summed E-state index contributed by atoms with van der Waals surface area (Å²) in [5.41, 5.74) is 1.15. The quantitative estimate of drug-likeness (QED) is 0.726. The highest BCUT2D eigenvalue weighted by molar-refractivity contribution is 6.31. The fourth-order valence-corrected chi connectivity index (χ4v) is 2.24. The van der Waals surface area contributed by atoms with Gasteiger partial charge in [-0.3, -0.25) is 4.79 Å². The van der Waals surface area contributed by atoms with Crippen molar-refractivity contribution in [2.75, 3.05) is 0 Å². The summed E-state index contributed by atoms with van der Waals surface area (Å²) in [5, 5.41) is 3.93. The largest absolute Gasteiger partial charge is 0.343 e. The van der Waals surface area contributed by atoms with Crippen molar-refractivity contribution in [2.24, 2.45) is 5.92 Å². The minimum atomic E-state index is 0.119. The van der Waals surface area contributed by atoms with Crippen molar-refractivity contribution in [3.8, 4) is 0 Å². The molecule has 76 valence electrons. The molecule has 3 nitrogen and oxygen atoms in total. The first kappa shape index (κ1) is 9.71. The number of aromatic nitrogens is 1. The van der Waals surface area contributed by atoms with E-state index in [0.29, 0.717) is 11.5 Å². The van der Waals surface area contributed by atoms with Crippen LogP contribution in [0.1, 0.15) is 41.7 Å². The average Bonchev–Trinajstić information content (AvgIpc) is 2.77. The lowest BCUT2D eigenvalue weighted by molar-refractivity contribution is 0.112. The van der Waals surface area contributed by atoms with Gasteiger partial charge in [-0.15, -0.1) is 0 Å². The molecular weight excluding hydrogens is 202 g/mol. The lowest BCUT2D eigenvalue weighted by atomic mass is 10.0. The molecule has 1 saturated carbocycles. The molecule has 0 N–H and O–H groups in total. The van der Waals surface area contributed by atoms with Crippen molar-refractivity contribution < 1.29 is 9.32 Å². The number of aldehydes is 1. The summed E-state index contributed by atoms with van der Waals surface area (Å²) in [6.07, 6.45) is 6.57. The number of rotatable bonds is 3. The molecule has 0 atom stereocenters. The number of hydrogen-bond donors (Lipinski definition) is 0. The zero-order valence-corrected chi connectivity index (χ0v) is 8.59. The van der Waals surface area contributed by atoms with E-state index in [2.05, 4.69) is 5.16 Å². The first-order valence-electron chi connectivity index (χ1n) is 4.90. The van der Waals surface area contributed by atoms with Crippen LogP contribution in [0, 0.1) is 5.92 Å². The normalized spacial score (nSPS) is 17.5. The molecule has 0 saturated heterocycles. The van der Waals surface area contributed by atoms with E-state index in [1.54, 1.807) is 0 Å². The molecule has 0 aromatic carbocycles. The minimum absolute atomic E-state index is 0.119. The van der Waals surface area contributed by atoms with E-state index in [1.165, 1.54) is 25.7 Å². The number of carbonyl (C=O) groups excluding carboxylic acids is 1. The van der Waals surface area contributed by atoms with Crippen molar-refractivity contribution in [1.82, 2.24) is 5.16 Å². The van der Waals surface area contributed by atoms with Gasteiger partial charge >= 0.3 is 0 Å². The predicted molar refractivity (Wildman–Crippen MR) is 52.6 cm³/mol. The lowest BCUT2D eigenvalue weighted by Crippen LogP contribution is -2.01. The van der Waals surface area contributed by atoms with Gasteiger partial charge in [-0.2, -0.15) is 0 Å². The Morgan fingerprint density at radius 3 is 2.86 bits per heavy atom. The predicted octanol–water partition coefficient (Wildman–Crippen LogP) is 2.87. The Bertz CT molecular complexity index is 329. The van der Waals surface area contributed by atoms with Crippen LogP contribution in [-0.2, 0) is 6.42 Å². The molecule has 1 aromatic rings. The SMILES string of the molecule is O=Cc1c(CC2CCCC2)noc1Cl. The van der Waals surface area contributed by atoms with E-state index in [1.807, 2.05) is 0 Å². The molecule has 2 rings (SSSR count). The van der Waals surface area contributed by atoms with E-state index in [4.69, 9.17) is 16.1 Å². The monoisotopic (exact) mass is 213 g/mol. The Morgan fingerprint density at radius 2 is 2.21 bits per heavy atom. The Hall–Kier alpha value is -0.830. The Labute approximate surface area is 87.4 Å². The zero-order chi connectivity index (χ0) is 9.97. The van der Waals surface area contributed by atoms with Crippen LogP contribution < -0.4 is 0 Å². The Morgan fingerprint density at radius 1 is 1.50 bits per heavy atom. The molecule has 0 spiro atoms. The van der Waals surface area contributed by atoms with Crippen LogP contribution in [0.5, 0.6) is 0 Å². The maximum atomic E-state index is 10.7.